The average molecular weight is 365 g/mol. The second kappa shape index (κ2) is 6.51. The van der Waals surface area contributed by atoms with Crippen molar-refractivity contribution in [1.29, 1.82) is 0 Å². The third-order valence-corrected chi connectivity index (χ3v) is 4.34. The summed E-state index contributed by atoms with van der Waals surface area (Å²) in [5.74, 6) is -1.03. The number of pyridine rings is 1. The van der Waals surface area contributed by atoms with Gasteiger partial charge in [0.1, 0.15) is 5.82 Å². The molecule has 2 aromatic rings. The summed E-state index contributed by atoms with van der Waals surface area (Å²) in [4.78, 5) is 18.7. The molecule has 26 heavy (non-hydrogen) atoms. The highest BCUT2D eigenvalue weighted by atomic mass is 19.4. The Morgan fingerprint density at radius 3 is 2.50 bits per heavy atom. The summed E-state index contributed by atoms with van der Waals surface area (Å²) >= 11 is 0. The maximum atomic E-state index is 13.2. The van der Waals surface area contributed by atoms with Crippen LogP contribution in [0.4, 0.5) is 24.7 Å². The van der Waals surface area contributed by atoms with Gasteiger partial charge in [-0.2, -0.15) is 13.2 Å². The fraction of sp³-hybridized carbons (Fsp3) is 0.333. The molecular weight excluding hydrogens is 347 g/mol. The van der Waals surface area contributed by atoms with E-state index < -0.39 is 23.6 Å². The smallest absolute Gasteiger partial charge is 0.416 e. The van der Waals surface area contributed by atoms with Crippen LogP contribution in [0.3, 0.4) is 0 Å². The van der Waals surface area contributed by atoms with Crippen molar-refractivity contribution >= 4 is 17.5 Å². The molecule has 1 fully saturated rings. The molecule has 3 rings (SSSR count). The number of anilines is 2. The number of carboxylic acid groups (broad SMARTS) is 1. The molecule has 1 aromatic heterocycles. The van der Waals surface area contributed by atoms with Crippen LogP contribution < -0.4 is 9.80 Å². The molecule has 1 aliphatic rings. The highest BCUT2D eigenvalue weighted by molar-refractivity contribution is 5.75. The lowest BCUT2D eigenvalue weighted by Crippen LogP contribution is -2.50. The summed E-state index contributed by atoms with van der Waals surface area (Å²) in [7, 11) is 3.27. The van der Waals surface area contributed by atoms with Crippen molar-refractivity contribution in [3.63, 3.8) is 0 Å². The predicted octanol–water partition coefficient (Wildman–Crippen LogP) is 3.35. The molecule has 0 atom stereocenters. The number of carbonyl (C=O) groups is 1. The van der Waals surface area contributed by atoms with Gasteiger partial charge in [0, 0.05) is 38.4 Å². The number of halogens is 3. The van der Waals surface area contributed by atoms with Crippen LogP contribution in [0.25, 0.3) is 11.3 Å². The van der Waals surface area contributed by atoms with E-state index in [1.54, 1.807) is 32.3 Å². The van der Waals surface area contributed by atoms with E-state index in [-0.39, 0.29) is 11.5 Å². The Kier molecular flexibility index (Phi) is 4.52. The maximum Gasteiger partial charge on any atom is 0.416 e. The molecule has 1 aliphatic heterocycles. The van der Waals surface area contributed by atoms with E-state index in [0.717, 1.165) is 17.8 Å². The standard InChI is InChI=1S/C18H18F3N3O2/c1-23(2)16-8-13(18(19,20)21)7-15(22-16)11-4-3-5-14(6-11)24-9-12(10-24)17(25)26/h3-8,12H,9-10H2,1-2H3,(H,25,26). The zero-order valence-electron chi connectivity index (χ0n) is 14.3. The molecule has 1 aromatic carbocycles. The van der Waals surface area contributed by atoms with Crippen LogP contribution in [-0.2, 0) is 11.0 Å². The van der Waals surface area contributed by atoms with E-state index in [1.165, 1.54) is 4.90 Å². The van der Waals surface area contributed by atoms with Crippen molar-refractivity contribution in [3.8, 4) is 11.3 Å². The van der Waals surface area contributed by atoms with Gasteiger partial charge in [0.05, 0.1) is 17.2 Å². The van der Waals surface area contributed by atoms with Gasteiger partial charge in [0.25, 0.3) is 0 Å². The number of rotatable bonds is 4. The number of aliphatic carboxylic acids is 1. The SMILES string of the molecule is CN(C)c1cc(C(F)(F)F)cc(-c2cccc(N3CC(C(=O)O)C3)c2)n1. The number of aromatic nitrogens is 1. The third kappa shape index (κ3) is 3.58. The number of hydrogen-bond acceptors (Lipinski definition) is 4. The second-order valence-electron chi connectivity index (χ2n) is 6.48. The van der Waals surface area contributed by atoms with E-state index in [4.69, 9.17) is 5.11 Å². The van der Waals surface area contributed by atoms with Gasteiger partial charge in [-0.1, -0.05) is 12.1 Å². The Balaban J connectivity index is 1.95. The molecule has 0 bridgehead atoms. The number of nitrogens with zero attached hydrogens (tertiary/aromatic N) is 3. The van der Waals surface area contributed by atoms with E-state index in [2.05, 4.69) is 4.98 Å². The van der Waals surface area contributed by atoms with Gasteiger partial charge < -0.3 is 14.9 Å². The first-order valence-corrected chi connectivity index (χ1v) is 8.00. The first-order valence-electron chi connectivity index (χ1n) is 8.00. The minimum Gasteiger partial charge on any atom is -0.481 e. The Labute approximate surface area is 148 Å². The van der Waals surface area contributed by atoms with Crippen molar-refractivity contribution in [2.24, 2.45) is 5.92 Å². The molecule has 8 heteroatoms. The quantitative estimate of drug-likeness (QED) is 0.901. The highest BCUT2D eigenvalue weighted by Crippen LogP contribution is 2.35. The van der Waals surface area contributed by atoms with Crippen molar-refractivity contribution in [2.45, 2.75) is 6.18 Å². The van der Waals surface area contributed by atoms with Gasteiger partial charge in [-0.15, -0.1) is 0 Å². The van der Waals surface area contributed by atoms with Gasteiger partial charge in [-0.3, -0.25) is 4.79 Å². The molecule has 0 saturated carbocycles. The summed E-state index contributed by atoms with van der Waals surface area (Å²) in [5.41, 5.74) is 0.785. The Hall–Kier alpha value is -2.77. The average Bonchev–Trinajstić information content (AvgIpc) is 2.52. The molecule has 5 nitrogen and oxygen atoms in total. The van der Waals surface area contributed by atoms with Crippen molar-refractivity contribution in [3.05, 3.63) is 42.0 Å². The molecule has 1 saturated heterocycles. The normalized spacial score (nSPS) is 14.9. The Bertz CT molecular complexity index is 831. The minimum absolute atomic E-state index is 0.218. The fourth-order valence-corrected chi connectivity index (χ4v) is 2.76. The minimum atomic E-state index is -4.47. The molecule has 0 radical (unpaired) electrons. The molecule has 0 unspecified atom stereocenters. The van der Waals surface area contributed by atoms with Crippen LogP contribution in [0.15, 0.2) is 36.4 Å². The first kappa shape index (κ1) is 18.0. The molecule has 1 N–H and O–H groups in total. The van der Waals surface area contributed by atoms with Crippen molar-refractivity contribution in [2.75, 3.05) is 37.0 Å². The summed E-state index contributed by atoms with van der Waals surface area (Å²) in [5, 5.41) is 8.97. The fourth-order valence-electron chi connectivity index (χ4n) is 2.76. The number of carboxylic acids is 1. The number of hydrogen-bond donors (Lipinski definition) is 1. The van der Waals surface area contributed by atoms with E-state index >= 15 is 0 Å². The monoisotopic (exact) mass is 365 g/mol. The molecule has 0 spiro atoms. The van der Waals surface area contributed by atoms with Crippen molar-refractivity contribution in [1.82, 2.24) is 4.98 Å². The Morgan fingerprint density at radius 2 is 1.92 bits per heavy atom. The summed E-state index contributed by atoms with van der Waals surface area (Å²) < 4.78 is 39.6. The van der Waals surface area contributed by atoms with Crippen LogP contribution in [0.2, 0.25) is 0 Å². The van der Waals surface area contributed by atoms with Gasteiger partial charge in [-0.25, -0.2) is 4.98 Å². The lowest BCUT2D eigenvalue weighted by atomic mass is 9.98. The summed E-state index contributed by atoms with van der Waals surface area (Å²) in [6, 6.07) is 9.01. The predicted molar refractivity (Wildman–Crippen MR) is 92.3 cm³/mol. The lowest BCUT2D eigenvalue weighted by molar-refractivity contribution is -0.142. The van der Waals surface area contributed by atoms with E-state index in [9.17, 15) is 18.0 Å². The number of alkyl halides is 3. The maximum absolute atomic E-state index is 13.2. The van der Waals surface area contributed by atoms with Gasteiger partial charge in [-0.05, 0) is 24.3 Å². The van der Waals surface area contributed by atoms with Crippen LogP contribution in [0.1, 0.15) is 5.56 Å². The zero-order chi connectivity index (χ0) is 19.1. The van der Waals surface area contributed by atoms with Gasteiger partial charge in [0.15, 0.2) is 0 Å². The van der Waals surface area contributed by atoms with Crippen LogP contribution in [0.5, 0.6) is 0 Å². The van der Waals surface area contributed by atoms with Crippen molar-refractivity contribution < 1.29 is 23.1 Å². The number of benzene rings is 1. The second-order valence-corrected chi connectivity index (χ2v) is 6.48. The van der Waals surface area contributed by atoms with Crippen LogP contribution in [0, 0.1) is 5.92 Å². The van der Waals surface area contributed by atoms with E-state index in [0.29, 0.717) is 18.7 Å². The molecule has 0 aliphatic carbocycles. The van der Waals surface area contributed by atoms with Crippen LogP contribution >= 0.6 is 0 Å². The highest BCUT2D eigenvalue weighted by Gasteiger charge is 2.33. The molecule has 0 amide bonds. The summed E-state index contributed by atoms with van der Waals surface area (Å²) in [6.07, 6.45) is -4.47. The van der Waals surface area contributed by atoms with Gasteiger partial charge >= 0.3 is 12.1 Å². The van der Waals surface area contributed by atoms with Crippen LogP contribution in [-0.4, -0.2) is 43.2 Å². The van der Waals surface area contributed by atoms with E-state index in [1.807, 2.05) is 11.0 Å². The molecule has 2 heterocycles. The topological polar surface area (TPSA) is 56.7 Å². The van der Waals surface area contributed by atoms with Gasteiger partial charge in [0.2, 0.25) is 0 Å². The largest absolute Gasteiger partial charge is 0.481 e. The molecular formula is C18H18F3N3O2. The zero-order valence-corrected chi connectivity index (χ0v) is 14.3. The Morgan fingerprint density at radius 1 is 1.23 bits per heavy atom. The first-order chi connectivity index (χ1) is 12.1. The lowest BCUT2D eigenvalue weighted by Gasteiger charge is -2.38. The third-order valence-electron chi connectivity index (χ3n) is 4.34. The summed E-state index contributed by atoms with van der Waals surface area (Å²) in [6.45, 7) is 0.773. The molecule has 138 valence electrons.